The number of nitrogens with zero attached hydrogens (tertiary/aromatic N) is 1. The Hall–Kier alpha value is -2.82. The van der Waals surface area contributed by atoms with E-state index >= 15 is 0 Å². The molecular formula is C24H30N2O3. The lowest BCUT2D eigenvalue weighted by atomic mass is 10.0. The summed E-state index contributed by atoms with van der Waals surface area (Å²) in [6, 6.07) is 17.9. The van der Waals surface area contributed by atoms with E-state index in [-0.39, 0.29) is 17.9 Å². The van der Waals surface area contributed by atoms with Gasteiger partial charge in [0.25, 0.3) is 0 Å². The summed E-state index contributed by atoms with van der Waals surface area (Å²) < 4.78 is 5.67. The van der Waals surface area contributed by atoms with E-state index in [4.69, 9.17) is 4.74 Å². The van der Waals surface area contributed by atoms with Crippen LogP contribution in [0.2, 0.25) is 0 Å². The molecule has 0 bridgehead atoms. The highest BCUT2D eigenvalue weighted by Crippen LogP contribution is 2.14. The highest BCUT2D eigenvalue weighted by molar-refractivity contribution is 5.79. The molecule has 2 aromatic carbocycles. The van der Waals surface area contributed by atoms with E-state index in [1.807, 2.05) is 66.4 Å². The van der Waals surface area contributed by atoms with Gasteiger partial charge in [-0.2, -0.15) is 0 Å². The quantitative estimate of drug-likeness (QED) is 0.697. The zero-order chi connectivity index (χ0) is 20.5. The van der Waals surface area contributed by atoms with Crippen LogP contribution in [0.4, 0.5) is 0 Å². The van der Waals surface area contributed by atoms with Crippen LogP contribution < -0.4 is 10.1 Å². The van der Waals surface area contributed by atoms with Gasteiger partial charge in [-0.3, -0.25) is 9.59 Å². The van der Waals surface area contributed by atoms with E-state index in [0.717, 1.165) is 24.2 Å². The molecule has 0 atom stereocenters. The number of carbonyl (C=O) groups excluding carboxylic acids is 2. The van der Waals surface area contributed by atoms with Crippen LogP contribution in [0, 0.1) is 6.92 Å². The second kappa shape index (κ2) is 10.6. The first-order chi connectivity index (χ1) is 14.1. The van der Waals surface area contributed by atoms with Gasteiger partial charge in [-0.25, -0.2) is 0 Å². The monoisotopic (exact) mass is 394 g/mol. The van der Waals surface area contributed by atoms with Crippen LogP contribution in [0.15, 0.2) is 54.6 Å². The van der Waals surface area contributed by atoms with Crippen molar-refractivity contribution in [3.63, 3.8) is 0 Å². The van der Waals surface area contributed by atoms with Crippen molar-refractivity contribution in [2.75, 3.05) is 19.7 Å². The fraction of sp³-hybridized carbons (Fsp3) is 0.417. The normalized spacial score (nSPS) is 14.4. The summed E-state index contributed by atoms with van der Waals surface area (Å²) in [4.78, 5) is 26.5. The van der Waals surface area contributed by atoms with E-state index in [1.165, 1.54) is 5.56 Å². The molecule has 1 fully saturated rings. The average molecular weight is 395 g/mol. The summed E-state index contributed by atoms with van der Waals surface area (Å²) in [5, 5.41) is 3.10. The first-order valence-corrected chi connectivity index (χ1v) is 10.4. The third kappa shape index (κ3) is 6.93. The van der Waals surface area contributed by atoms with Gasteiger partial charge < -0.3 is 15.0 Å². The lowest BCUT2D eigenvalue weighted by Crippen LogP contribution is -2.47. The minimum atomic E-state index is 0.0616. The maximum absolute atomic E-state index is 12.4. The van der Waals surface area contributed by atoms with Crippen molar-refractivity contribution in [1.82, 2.24) is 10.2 Å². The zero-order valence-electron chi connectivity index (χ0n) is 17.1. The lowest BCUT2D eigenvalue weighted by molar-refractivity contribution is -0.131. The first kappa shape index (κ1) is 20.9. The fourth-order valence-corrected chi connectivity index (χ4v) is 3.51. The van der Waals surface area contributed by atoms with Crippen molar-refractivity contribution in [3.05, 3.63) is 65.7 Å². The summed E-state index contributed by atoms with van der Waals surface area (Å²) in [5.41, 5.74) is 2.24. The standard InChI is InChI=1S/C24H30N2O3/c1-19-9-11-22(12-10-19)29-17-5-8-23(27)25-21-13-15-26(16-14-21)24(28)18-20-6-3-2-4-7-20/h2-4,6-7,9-12,21H,5,8,13-18H2,1H3,(H,25,27). The minimum Gasteiger partial charge on any atom is -0.494 e. The number of piperidine rings is 1. The van der Waals surface area contributed by atoms with Crippen molar-refractivity contribution >= 4 is 11.8 Å². The molecule has 2 aromatic rings. The minimum absolute atomic E-state index is 0.0616. The number of ether oxygens (including phenoxy) is 1. The van der Waals surface area contributed by atoms with E-state index in [1.54, 1.807) is 0 Å². The number of carbonyl (C=O) groups is 2. The Kier molecular flexibility index (Phi) is 7.68. The molecule has 0 aromatic heterocycles. The van der Waals surface area contributed by atoms with Gasteiger partial charge in [-0.1, -0.05) is 48.0 Å². The predicted molar refractivity (Wildman–Crippen MR) is 114 cm³/mol. The van der Waals surface area contributed by atoms with Crippen LogP contribution in [-0.4, -0.2) is 42.5 Å². The molecule has 3 rings (SSSR count). The van der Waals surface area contributed by atoms with Gasteiger partial charge in [0.05, 0.1) is 13.0 Å². The highest BCUT2D eigenvalue weighted by atomic mass is 16.5. The second-order valence-corrected chi connectivity index (χ2v) is 7.65. The molecular weight excluding hydrogens is 364 g/mol. The molecule has 0 aliphatic carbocycles. The van der Waals surface area contributed by atoms with Crippen molar-refractivity contribution in [2.24, 2.45) is 0 Å². The summed E-state index contributed by atoms with van der Waals surface area (Å²) in [5.74, 6) is 1.06. The van der Waals surface area contributed by atoms with E-state index in [9.17, 15) is 9.59 Å². The lowest BCUT2D eigenvalue weighted by Gasteiger charge is -2.32. The number of benzene rings is 2. The maximum atomic E-state index is 12.4. The molecule has 0 spiro atoms. The Bertz CT molecular complexity index is 782. The Morgan fingerprint density at radius 3 is 2.41 bits per heavy atom. The van der Waals surface area contributed by atoms with E-state index in [0.29, 0.717) is 39.0 Å². The number of rotatable bonds is 8. The summed E-state index contributed by atoms with van der Waals surface area (Å²) in [6.07, 6.45) is 3.21. The van der Waals surface area contributed by atoms with Crippen LogP contribution in [0.25, 0.3) is 0 Å². The molecule has 29 heavy (non-hydrogen) atoms. The average Bonchev–Trinajstić information content (AvgIpc) is 2.74. The third-order valence-corrected chi connectivity index (χ3v) is 5.25. The summed E-state index contributed by atoms with van der Waals surface area (Å²) in [7, 11) is 0. The maximum Gasteiger partial charge on any atom is 0.226 e. The van der Waals surface area contributed by atoms with Gasteiger partial charge >= 0.3 is 0 Å². The summed E-state index contributed by atoms with van der Waals surface area (Å²) >= 11 is 0. The van der Waals surface area contributed by atoms with Crippen LogP contribution in [0.3, 0.4) is 0 Å². The van der Waals surface area contributed by atoms with Crippen LogP contribution in [-0.2, 0) is 16.0 Å². The molecule has 5 nitrogen and oxygen atoms in total. The van der Waals surface area contributed by atoms with Gasteiger partial charge in [0.2, 0.25) is 11.8 Å². The largest absolute Gasteiger partial charge is 0.494 e. The van der Waals surface area contributed by atoms with Crippen LogP contribution >= 0.6 is 0 Å². The van der Waals surface area contributed by atoms with Gasteiger partial charge in [-0.15, -0.1) is 0 Å². The topological polar surface area (TPSA) is 58.6 Å². The fourth-order valence-electron chi connectivity index (χ4n) is 3.51. The van der Waals surface area contributed by atoms with Crippen molar-refractivity contribution in [3.8, 4) is 5.75 Å². The molecule has 0 radical (unpaired) electrons. The number of likely N-dealkylation sites (tertiary alicyclic amines) is 1. The van der Waals surface area contributed by atoms with E-state index in [2.05, 4.69) is 5.32 Å². The second-order valence-electron chi connectivity index (χ2n) is 7.65. The number of aryl methyl sites for hydroxylation is 1. The molecule has 0 saturated carbocycles. The van der Waals surface area contributed by atoms with Gasteiger partial charge in [-0.05, 0) is 43.9 Å². The predicted octanol–water partition coefficient (Wildman–Crippen LogP) is 3.50. The zero-order valence-corrected chi connectivity index (χ0v) is 17.1. The number of hydrogen-bond donors (Lipinski definition) is 1. The molecule has 2 amide bonds. The molecule has 5 heteroatoms. The Morgan fingerprint density at radius 1 is 1.03 bits per heavy atom. The summed E-state index contributed by atoms with van der Waals surface area (Å²) in [6.45, 7) is 3.97. The molecule has 1 N–H and O–H groups in total. The molecule has 1 aliphatic heterocycles. The molecule has 0 unspecified atom stereocenters. The Labute approximate surface area is 173 Å². The number of nitrogens with one attached hydrogen (secondary N) is 1. The Morgan fingerprint density at radius 2 is 1.72 bits per heavy atom. The number of hydrogen-bond acceptors (Lipinski definition) is 3. The highest BCUT2D eigenvalue weighted by Gasteiger charge is 2.23. The van der Waals surface area contributed by atoms with Crippen molar-refractivity contribution in [1.29, 1.82) is 0 Å². The molecule has 1 saturated heterocycles. The molecule has 1 aliphatic rings. The molecule has 154 valence electrons. The Balaban J connectivity index is 1.30. The van der Waals surface area contributed by atoms with Gasteiger partial charge in [0, 0.05) is 25.6 Å². The third-order valence-electron chi connectivity index (χ3n) is 5.25. The van der Waals surface area contributed by atoms with Crippen molar-refractivity contribution in [2.45, 2.75) is 45.1 Å². The van der Waals surface area contributed by atoms with E-state index < -0.39 is 0 Å². The molecule has 1 heterocycles. The van der Waals surface area contributed by atoms with Crippen molar-refractivity contribution < 1.29 is 14.3 Å². The van der Waals surface area contributed by atoms with Gasteiger partial charge in [0.1, 0.15) is 5.75 Å². The first-order valence-electron chi connectivity index (χ1n) is 10.4. The number of amides is 2. The SMILES string of the molecule is Cc1ccc(OCCCC(=O)NC2CCN(C(=O)Cc3ccccc3)CC2)cc1. The van der Waals surface area contributed by atoms with Crippen LogP contribution in [0.5, 0.6) is 5.75 Å². The smallest absolute Gasteiger partial charge is 0.226 e. The van der Waals surface area contributed by atoms with Crippen LogP contribution in [0.1, 0.15) is 36.8 Å². The van der Waals surface area contributed by atoms with Gasteiger partial charge in [0.15, 0.2) is 0 Å².